The van der Waals surface area contributed by atoms with Crippen LogP contribution in [0.3, 0.4) is 0 Å². The van der Waals surface area contributed by atoms with Crippen LogP contribution in [-0.2, 0) is 17.6 Å². The zero-order chi connectivity index (χ0) is 25.4. The van der Waals surface area contributed by atoms with Crippen LogP contribution in [0.25, 0.3) is 0 Å². The number of rotatable bonds is 11. The predicted octanol–water partition coefficient (Wildman–Crippen LogP) is 6.34. The predicted molar refractivity (Wildman–Crippen MR) is 149 cm³/mol. The molecular formula is C30H44ClN3O. The van der Waals surface area contributed by atoms with Crippen molar-refractivity contribution in [2.45, 2.75) is 78.3 Å². The Bertz CT molecular complexity index is 910. The summed E-state index contributed by atoms with van der Waals surface area (Å²) in [4.78, 5) is 17.6. The van der Waals surface area contributed by atoms with Crippen LogP contribution in [0, 0.1) is 11.8 Å². The van der Waals surface area contributed by atoms with E-state index < -0.39 is 6.04 Å². The summed E-state index contributed by atoms with van der Waals surface area (Å²) >= 11 is 6.01. The highest BCUT2D eigenvalue weighted by Crippen LogP contribution is 2.26. The van der Waals surface area contributed by atoms with Gasteiger partial charge in [0.2, 0.25) is 5.91 Å². The van der Waals surface area contributed by atoms with Crippen molar-refractivity contribution in [2.24, 2.45) is 17.6 Å². The fourth-order valence-corrected chi connectivity index (χ4v) is 5.09. The lowest BCUT2D eigenvalue weighted by Crippen LogP contribution is -2.54. The number of likely N-dealkylation sites (tertiary alicyclic amines) is 1. The summed E-state index contributed by atoms with van der Waals surface area (Å²) in [5.41, 5.74) is 10.2. The van der Waals surface area contributed by atoms with Crippen molar-refractivity contribution in [3.05, 3.63) is 64.7 Å². The third-order valence-electron chi connectivity index (χ3n) is 7.02. The van der Waals surface area contributed by atoms with Crippen LogP contribution in [0.5, 0.6) is 0 Å². The molecule has 1 amide bonds. The van der Waals surface area contributed by atoms with E-state index in [9.17, 15) is 4.79 Å². The van der Waals surface area contributed by atoms with Crippen LogP contribution in [0.4, 0.5) is 5.69 Å². The van der Waals surface area contributed by atoms with Crippen LogP contribution in [-0.4, -0.2) is 42.5 Å². The first-order chi connectivity index (χ1) is 16.7. The number of nitrogens with two attached hydrogens (primary N) is 1. The van der Waals surface area contributed by atoms with Crippen molar-refractivity contribution in [3.63, 3.8) is 0 Å². The molecule has 0 aromatic heterocycles. The summed E-state index contributed by atoms with van der Waals surface area (Å²) in [6.07, 6.45) is 6.03. The number of halogens is 1. The quantitative estimate of drug-likeness (QED) is 0.394. The normalized spacial score (nSPS) is 17.1. The number of carbonyl (C=O) groups excluding carboxylic acids is 1. The van der Waals surface area contributed by atoms with E-state index in [0.29, 0.717) is 17.9 Å². The van der Waals surface area contributed by atoms with Gasteiger partial charge in [0, 0.05) is 36.4 Å². The molecule has 1 heterocycles. The van der Waals surface area contributed by atoms with Gasteiger partial charge in [0.05, 0.1) is 6.04 Å². The molecule has 3 rings (SSSR count). The van der Waals surface area contributed by atoms with Crippen molar-refractivity contribution in [1.29, 1.82) is 0 Å². The maximum absolute atomic E-state index is 13.0. The van der Waals surface area contributed by atoms with Crippen LogP contribution in [0.1, 0.15) is 64.5 Å². The average molecular weight is 498 g/mol. The van der Waals surface area contributed by atoms with Crippen LogP contribution >= 0.6 is 11.6 Å². The van der Waals surface area contributed by atoms with Crippen LogP contribution in [0.15, 0.2) is 48.5 Å². The first-order valence-electron chi connectivity index (χ1n) is 13.4. The molecule has 4 nitrogen and oxygen atoms in total. The van der Waals surface area contributed by atoms with E-state index in [1.807, 2.05) is 17.0 Å². The van der Waals surface area contributed by atoms with Crippen molar-refractivity contribution < 1.29 is 4.79 Å². The smallest absolute Gasteiger partial charge is 0.239 e. The monoisotopic (exact) mass is 497 g/mol. The third-order valence-corrected chi connectivity index (χ3v) is 7.27. The summed E-state index contributed by atoms with van der Waals surface area (Å²) in [7, 11) is 0. The maximum Gasteiger partial charge on any atom is 0.239 e. The minimum absolute atomic E-state index is 0.116. The Kier molecular flexibility index (Phi) is 10.5. The SMILES string of the molecule is CC(C)CCN(c1ccc(CCc2ccc(Cl)cc2)cc1)C1CCCN(C(=O)[C@@H](N)CC(C)C)C1. The molecular weight excluding hydrogens is 454 g/mol. The number of nitrogens with zero attached hydrogens (tertiary/aromatic N) is 2. The van der Waals surface area contributed by atoms with E-state index in [2.05, 4.69) is 69.0 Å². The number of carbonyl (C=O) groups is 1. The van der Waals surface area contributed by atoms with E-state index in [1.165, 1.54) is 16.8 Å². The number of aryl methyl sites for hydroxylation is 2. The van der Waals surface area contributed by atoms with Crippen LogP contribution < -0.4 is 10.6 Å². The molecule has 2 N–H and O–H groups in total. The molecule has 2 aromatic rings. The Morgan fingerprint density at radius 3 is 2.17 bits per heavy atom. The molecule has 1 aliphatic heterocycles. The van der Waals surface area contributed by atoms with Crippen molar-refractivity contribution >= 4 is 23.2 Å². The standard InChI is InChI=1S/C30H44ClN3O/c1-22(2)17-19-34(28-6-5-18-33(21-28)30(35)29(32)20-23(3)4)27-15-11-25(12-16-27)8-7-24-9-13-26(31)14-10-24/h9-16,22-23,28-29H,5-8,17-21,32H2,1-4H3/t28?,29-/m0/s1. The Balaban J connectivity index is 1.68. The zero-order valence-corrected chi connectivity index (χ0v) is 22.8. The van der Waals surface area contributed by atoms with E-state index in [4.69, 9.17) is 17.3 Å². The molecule has 0 spiro atoms. The number of anilines is 1. The Morgan fingerprint density at radius 1 is 1.00 bits per heavy atom. The number of piperidine rings is 1. The lowest BCUT2D eigenvalue weighted by Gasteiger charge is -2.41. The summed E-state index contributed by atoms with van der Waals surface area (Å²) in [5.74, 6) is 1.18. The highest BCUT2D eigenvalue weighted by molar-refractivity contribution is 6.30. The van der Waals surface area contributed by atoms with E-state index in [-0.39, 0.29) is 5.91 Å². The molecule has 1 unspecified atom stereocenters. The molecule has 192 valence electrons. The fraction of sp³-hybridized carbons (Fsp3) is 0.567. The van der Waals surface area contributed by atoms with Gasteiger partial charge in [-0.2, -0.15) is 0 Å². The van der Waals surface area contributed by atoms with Gasteiger partial charge in [-0.3, -0.25) is 4.79 Å². The minimum atomic E-state index is -0.391. The van der Waals surface area contributed by atoms with Crippen molar-refractivity contribution in [3.8, 4) is 0 Å². The minimum Gasteiger partial charge on any atom is -0.367 e. The van der Waals surface area contributed by atoms with Gasteiger partial charge in [-0.25, -0.2) is 0 Å². The maximum atomic E-state index is 13.0. The molecule has 0 radical (unpaired) electrons. The zero-order valence-electron chi connectivity index (χ0n) is 22.1. The van der Waals surface area contributed by atoms with E-state index >= 15 is 0 Å². The fourth-order valence-electron chi connectivity index (χ4n) is 4.97. The highest BCUT2D eigenvalue weighted by Gasteiger charge is 2.30. The Hall–Kier alpha value is -2.04. The molecule has 0 saturated carbocycles. The van der Waals surface area contributed by atoms with Gasteiger partial charge in [0.25, 0.3) is 0 Å². The highest BCUT2D eigenvalue weighted by atomic mass is 35.5. The molecule has 0 bridgehead atoms. The molecule has 35 heavy (non-hydrogen) atoms. The van der Waals surface area contributed by atoms with Crippen molar-refractivity contribution in [1.82, 2.24) is 4.90 Å². The third kappa shape index (κ3) is 8.54. The molecule has 0 aliphatic carbocycles. The lowest BCUT2D eigenvalue weighted by molar-refractivity contribution is -0.134. The molecule has 1 aliphatic rings. The molecule has 1 fully saturated rings. The van der Waals surface area contributed by atoms with Gasteiger partial charge < -0.3 is 15.5 Å². The van der Waals surface area contributed by atoms with E-state index in [1.54, 1.807) is 0 Å². The molecule has 1 saturated heterocycles. The second kappa shape index (κ2) is 13.3. The number of benzene rings is 2. The summed E-state index contributed by atoms with van der Waals surface area (Å²) in [6, 6.07) is 17.1. The summed E-state index contributed by atoms with van der Waals surface area (Å²) in [5, 5.41) is 0.782. The topological polar surface area (TPSA) is 49.6 Å². The van der Waals surface area contributed by atoms with Gasteiger partial charge in [0.1, 0.15) is 0 Å². The molecule has 2 atom stereocenters. The molecule has 2 aromatic carbocycles. The first kappa shape index (κ1) is 27.5. The Labute approximate surface area is 217 Å². The van der Waals surface area contributed by atoms with Gasteiger partial charge in [0.15, 0.2) is 0 Å². The number of hydrogen-bond acceptors (Lipinski definition) is 3. The largest absolute Gasteiger partial charge is 0.367 e. The number of amides is 1. The average Bonchev–Trinajstić information content (AvgIpc) is 2.83. The first-order valence-corrected chi connectivity index (χ1v) is 13.7. The van der Waals surface area contributed by atoms with Gasteiger partial charge in [-0.1, -0.05) is 63.6 Å². The second-order valence-corrected chi connectivity index (χ2v) is 11.4. The van der Waals surface area contributed by atoms with Gasteiger partial charge in [-0.05, 0) is 85.8 Å². The molecule has 5 heteroatoms. The van der Waals surface area contributed by atoms with E-state index in [0.717, 1.165) is 63.2 Å². The summed E-state index contributed by atoms with van der Waals surface area (Å²) < 4.78 is 0. The van der Waals surface area contributed by atoms with Gasteiger partial charge in [-0.15, -0.1) is 0 Å². The Morgan fingerprint density at radius 2 is 1.60 bits per heavy atom. The second-order valence-electron chi connectivity index (χ2n) is 11.0. The van der Waals surface area contributed by atoms with Gasteiger partial charge >= 0.3 is 0 Å². The lowest BCUT2D eigenvalue weighted by atomic mass is 9.98. The summed E-state index contributed by atoms with van der Waals surface area (Å²) in [6.45, 7) is 11.4. The van der Waals surface area contributed by atoms with Crippen molar-refractivity contribution in [2.75, 3.05) is 24.5 Å². The van der Waals surface area contributed by atoms with Crippen LogP contribution in [0.2, 0.25) is 5.02 Å². The number of hydrogen-bond donors (Lipinski definition) is 1.